The largest absolute Gasteiger partial charge is 0.339 e. The second-order valence-electron chi connectivity index (χ2n) is 3.93. The standard InChI is InChI=1S/C11H20N2O/c1-3-4-9(2)11(14)13-7-5-10(12)6-8-13/h4,10H,3,5-8,12H2,1-2H3/b9-4+. The smallest absolute Gasteiger partial charge is 0.249 e. The summed E-state index contributed by atoms with van der Waals surface area (Å²) in [5, 5.41) is 0. The Morgan fingerprint density at radius 3 is 2.57 bits per heavy atom. The molecule has 14 heavy (non-hydrogen) atoms. The quantitative estimate of drug-likeness (QED) is 0.676. The first-order chi connectivity index (χ1) is 6.65. The van der Waals surface area contributed by atoms with Crippen molar-refractivity contribution in [3.8, 4) is 0 Å². The summed E-state index contributed by atoms with van der Waals surface area (Å²) in [6.07, 6.45) is 4.78. The average molecular weight is 196 g/mol. The molecule has 3 heteroatoms. The second-order valence-corrected chi connectivity index (χ2v) is 3.93. The molecule has 80 valence electrons. The average Bonchev–Trinajstić information content (AvgIpc) is 2.18. The van der Waals surface area contributed by atoms with Crippen LogP contribution in [-0.4, -0.2) is 29.9 Å². The first-order valence-electron chi connectivity index (χ1n) is 5.36. The van der Waals surface area contributed by atoms with Crippen LogP contribution in [0.25, 0.3) is 0 Å². The lowest BCUT2D eigenvalue weighted by atomic mass is 10.1. The van der Waals surface area contributed by atoms with Gasteiger partial charge in [0.05, 0.1) is 0 Å². The van der Waals surface area contributed by atoms with Gasteiger partial charge in [0.15, 0.2) is 0 Å². The third kappa shape index (κ3) is 2.84. The molecule has 0 spiro atoms. The third-order valence-electron chi connectivity index (χ3n) is 2.67. The molecular formula is C11H20N2O. The van der Waals surface area contributed by atoms with Crippen molar-refractivity contribution < 1.29 is 4.79 Å². The molecule has 0 atom stereocenters. The van der Waals surface area contributed by atoms with Crippen LogP contribution in [0.2, 0.25) is 0 Å². The van der Waals surface area contributed by atoms with Crippen LogP contribution in [0.15, 0.2) is 11.6 Å². The van der Waals surface area contributed by atoms with Crippen LogP contribution in [0, 0.1) is 0 Å². The summed E-state index contributed by atoms with van der Waals surface area (Å²) in [4.78, 5) is 13.7. The maximum Gasteiger partial charge on any atom is 0.249 e. The van der Waals surface area contributed by atoms with E-state index in [9.17, 15) is 4.79 Å². The molecule has 1 heterocycles. The molecule has 0 aromatic carbocycles. The molecule has 1 amide bonds. The Morgan fingerprint density at radius 1 is 1.50 bits per heavy atom. The van der Waals surface area contributed by atoms with Gasteiger partial charge in [-0.3, -0.25) is 4.79 Å². The van der Waals surface area contributed by atoms with E-state index in [1.807, 2.05) is 24.8 Å². The van der Waals surface area contributed by atoms with Gasteiger partial charge < -0.3 is 10.6 Å². The molecule has 3 nitrogen and oxygen atoms in total. The number of hydrogen-bond donors (Lipinski definition) is 1. The summed E-state index contributed by atoms with van der Waals surface area (Å²) in [7, 11) is 0. The lowest BCUT2D eigenvalue weighted by Gasteiger charge is -2.30. The fraction of sp³-hybridized carbons (Fsp3) is 0.727. The first kappa shape index (κ1) is 11.2. The van der Waals surface area contributed by atoms with Crippen LogP contribution >= 0.6 is 0 Å². The Bertz CT molecular complexity index is 227. The van der Waals surface area contributed by atoms with Crippen molar-refractivity contribution in [2.45, 2.75) is 39.2 Å². The minimum Gasteiger partial charge on any atom is -0.339 e. The summed E-state index contributed by atoms with van der Waals surface area (Å²) < 4.78 is 0. The molecule has 0 aliphatic carbocycles. The SMILES string of the molecule is CC/C=C(\C)C(=O)N1CCC(N)CC1. The Labute approximate surface area is 86.0 Å². The second kappa shape index (κ2) is 5.15. The number of likely N-dealkylation sites (tertiary alicyclic amines) is 1. The van der Waals surface area contributed by atoms with Crippen LogP contribution in [-0.2, 0) is 4.79 Å². The highest BCUT2D eigenvalue weighted by Crippen LogP contribution is 2.11. The molecule has 2 N–H and O–H groups in total. The summed E-state index contributed by atoms with van der Waals surface area (Å²) in [5.41, 5.74) is 6.64. The summed E-state index contributed by atoms with van der Waals surface area (Å²) in [6.45, 7) is 5.56. The van der Waals surface area contributed by atoms with Crippen molar-refractivity contribution in [2.24, 2.45) is 5.73 Å². The highest BCUT2D eigenvalue weighted by Gasteiger charge is 2.20. The van der Waals surface area contributed by atoms with E-state index < -0.39 is 0 Å². The summed E-state index contributed by atoms with van der Waals surface area (Å²) >= 11 is 0. The van der Waals surface area contributed by atoms with E-state index in [-0.39, 0.29) is 11.9 Å². The van der Waals surface area contributed by atoms with Crippen LogP contribution in [0.3, 0.4) is 0 Å². The van der Waals surface area contributed by atoms with Gasteiger partial charge >= 0.3 is 0 Å². The van der Waals surface area contributed by atoms with Crippen LogP contribution in [0.1, 0.15) is 33.1 Å². The van der Waals surface area contributed by atoms with E-state index in [2.05, 4.69) is 0 Å². The zero-order valence-corrected chi connectivity index (χ0v) is 9.12. The van der Waals surface area contributed by atoms with Crippen LogP contribution < -0.4 is 5.73 Å². The zero-order valence-electron chi connectivity index (χ0n) is 9.12. The Kier molecular flexibility index (Phi) is 4.14. The fourth-order valence-corrected chi connectivity index (χ4v) is 1.75. The monoisotopic (exact) mass is 196 g/mol. The molecule has 1 fully saturated rings. The lowest BCUT2D eigenvalue weighted by Crippen LogP contribution is -2.43. The van der Waals surface area contributed by atoms with Crippen molar-refractivity contribution in [3.63, 3.8) is 0 Å². The molecule has 1 saturated heterocycles. The Hall–Kier alpha value is -0.830. The molecule has 0 radical (unpaired) electrons. The van der Waals surface area contributed by atoms with E-state index in [0.29, 0.717) is 0 Å². The number of carbonyl (C=O) groups excluding carboxylic acids is 1. The van der Waals surface area contributed by atoms with Crippen molar-refractivity contribution in [1.82, 2.24) is 4.90 Å². The molecule has 0 unspecified atom stereocenters. The Morgan fingerprint density at radius 2 is 2.07 bits per heavy atom. The number of allylic oxidation sites excluding steroid dienone is 1. The van der Waals surface area contributed by atoms with Gasteiger partial charge in [-0.25, -0.2) is 0 Å². The van der Waals surface area contributed by atoms with Crippen molar-refractivity contribution >= 4 is 5.91 Å². The molecule has 0 aromatic heterocycles. The topological polar surface area (TPSA) is 46.3 Å². The van der Waals surface area contributed by atoms with E-state index in [1.54, 1.807) is 0 Å². The van der Waals surface area contributed by atoms with E-state index in [0.717, 1.165) is 37.9 Å². The number of rotatable bonds is 2. The zero-order chi connectivity index (χ0) is 10.6. The predicted octanol–water partition coefficient (Wildman–Crippen LogP) is 1.29. The van der Waals surface area contributed by atoms with Crippen molar-refractivity contribution in [1.29, 1.82) is 0 Å². The van der Waals surface area contributed by atoms with E-state index in [4.69, 9.17) is 5.73 Å². The normalized spacial score (nSPS) is 19.9. The number of hydrogen-bond acceptors (Lipinski definition) is 2. The summed E-state index contributed by atoms with van der Waals surface area (Å²) in [5.74, 6) is 0.179. The van der Waals surface area contributed by atoms with Gasteiger partial charge in [-0.1, -0.05) is 13.0 Å². The van der Waals surface area contributed by atoms with Gasteiger partial charge in [0.25, 0.3) is 0 Å². The first-order valence-corrected chi connectivity index (χ1v) is 5.36. The fourth-order valence-electron chi connectivity index (χ4n) is 1.75. The van der Waals surface area contributed by atoms with Crippen LogP contribution in [0.4, 0.5) is 0 Å². The maximum atomic E-state index is 11.8. The van der Waals surface area contributed by atoms with Crippen molar-refractivity contribution in [3.05, 3.63) is 11.6 Å². The van der Waals surface area contributed by atoms with Gasteiger partial charge in [-0.2, -0.15) is 0 Å². The molecule has 1 rings (SSSR count). The summed E-state index contributed by atoms with van der Waals surface area (Å²) in [6, 6.07) is 0.287. The molecule has 0 bridgehead atoms. The number of nitrogens with zero attached hydrogens (tertiary/aromatic N) is 1. The number of carbonyl (C=O) groups is 1. The van der Waals surface area contributed by atoms with Crippen LogP contribution in [0.5, 0.6) is 0 Å². The predicted molar refractivity (Wildman–Crippen MR) is 57.8 cm³/mol. The lowest BCUT2D eigenvalue weighted by molar-refractivity contribution is -0.128. The Balaban J connectivity index is 2.49. The molecule has 1 aliphatic rings. The highest BCUT2D eigenvalue weighted by atomic mass is 16.2. The van der Waals surface area contributed by atoms with Gasteiger partial charge in [0, 0.05) is 24.7 Å². The number of amides is 1. The van der Waals surface area contributed by atoms with Gasteiger partial charge in [0.1, 0.15) is 0 Å². The molecule has 0 aromatic rings. The minimum absolute atomic E-state index is 0.179. The highest BCUT2D eigenvalue weighted by molar-refractivity contribution is 5.92. The van der Waals surface area contributed by atoms with Gasteiger partial charge in [-0.05, 0) is 26.2 Å². The molecule has 0 saturated carbocycles. The maximum absolute atomic E-state index is 11.8. The third-order valence-corrected chi connectivity index (χ3v) is 2.67. The van der Waals surface area contributed by atoms with Gasteiger partial charge in [0.2, 0.25) is 5.91 Å². The molecular weight excluding hydrogens is 176 g/mol. The number of piperidine rings is 1. The van der Waals surface area contributed by atoms with E-state index >= 15 is 0 Å². The van der Waals surface area contributed by atoms with Gasteiger partial charge in [-0.15, -0.1) is 0 Å². The minimum atomic E-state index is 0.179. The van der Waals surface area contributed by atoms with E-state index in [1.165, 1.54) is 0 Å². The van der Waals surface area contributed by atoms with Crippen molar-refractivity contribution in [2.75, 3.05) is 13.1 Å². The molecule has 1 aliphatic heterocycles. The number of nitrogens with two attached hydrogens (primary N) is 1.